The zero-order valence-electron chi connectivity index (χ0n) is 12.5. The van der Waals surface area contributed by atoms with Gasteiger partial charge < -0.3 is 5.32 Å². The molecule has 0 unspecified atom stereocenters. The maximum Gasteiger partial charge on any atom is 0.240 e. The molecule has 0 spiro atoms. The quantitative estimate of drug-likeness (QED) is 0.868. The molecule has 0 radical (unpaired) electrons. The fourth-order valence-electron chi connectivity index (χ4n) is 2.52. The highest BCUT2D eigenvalue weighted by atomic mass is 35.5. The van der Waals surface area contributed by atoms with Gasteiger partial charge in [-0.2, -0.15) is 0 Å². The summed E-state index contributed by atoms with van der Waals surface area (Å²) in [6.45, 7) is 1.24. The number of anilines is 1. The van der Waals surface area contributed by atoms with E-state index < -0.39 is 10.0 Å². The molecule has 122 valence electrons. The lowest BCUT2D eigenvalue weighted by Crippen LogP contribution is -2.26. The second kappa shape index (κ2) is 6.86. The summed E-state index contributed by atoms with van der Waals surface area (Å²) in [5, 5.41) is 3.79. The van der Waals surface area contributed by atoms with E-state index in [2.05, 4.69) is 21.1 Å². The molecule has 0 fully saturated rings. The second-order valence-electron chi connectivity index (χ2n) is 5.44. The Bertz CT molecular complexity index is 791. The minimum Gasteiger partial charge on any atom is -0.370 e. The fraction of sp³-hybridized carbons (Fsp3) is 0.312. The van der Waals surface area contributed by atoms with Crippen LogP contribution in [0.15, 0.2) is 41.3 Å². The highest BCUT2D eigenvalue weighted by Gasteiger charge is 2.14. The molecule has 23 heavy (non-hydrogen) atoms. The van der Waals surface area contributed by atoms with Crippen LogP contribution in [-0.4, -0.2) is 26.5 Å². The zero-order chi connectivity index (χ0) is 16.3. The standard InChI is InChI=1S/C16H18ClN3O2S/c17-13-4-7-15(8-5-13)23(21,22)19-11-9-14-6-3-12-2-1-10-18-16(12)20-14/h3-8,19H,1-2,9-11H2,(H,18,20). The number of hydrogen-bond donors (Lipinski definition) is 2. The SMILES string of the molecule is O=S(=O)(NCCc1ccc2c(n1)NCCC2)c1ccc(Cl)cc1. The largest absolute Gasteiger partial charge is 0.370 e. The minimum absolute atomic E-state index is 0.210. The molecule has 1 aromatic carbocycles. The Labute approximate surface area is 141 Å². The maximum absolute atomic E-state index is 12.2. The number of nitrogens with one attached hydrogen (secondary N) is 2. The normalized spacial score (nSPS) is 14.1. The van der Waals surface area contributed by atoms with Gasteiger partial charge in [-0.15, -0.1) is 0 Å². The van der Waals surface area contributed by atoms with Crippen molar-refractivity contribution in [1.82, 2.24) is 9.71 Å². The molecule has 0 aliphatic carbocycles. The monoisotopic (exact) mass is 351 g/mol. The van der Waals surface area contributed by atoms with Crippen LogP contribution < -0.4 is 10.0 Å². The van der Waals surface area contributed by atoms with Crippen molar-refractivity contribution < 1.29 is 8.42 Å². The molecule has 0 atom stereocenters. The van der Waals surface area contributed by atoms with Crippen LogP contribution in [0.2, 0.25) is 5.02 Å². The molecule has 5 nitrogen and oxygen atoms in total. The first-order valence-electron chi connectivity index (χ1n) is 7.52. The van der Waals surface area contributed by atoms with E-state index in [4.69, 9.17) is 11.6 Å². The summed E-state index contributed by atoms with van der Waals surface area (Å²) in [7, 11) is -3.52. The van der Waals surface area contributed by atoms with Crippen molar-refractivity contribution >= 4 is 27.4 Å². The average molecular weight is 352 g/mol. The number of rotatable bonds is 5. The van der Waals surface area contributed by atoms with Crippen LogP contribution in [0.4, 0.5) is 5.82 Å². The van der Waals surface area contributed by atoms with E-state index in [1.165, 1.54) is 17.7 Å². The van der Waals surface area contributed by atoms with Gasteiger partial charge in [0.2, 0.25) is 10.0 Å². The molecule has 2 N–H and O–H groups in total. The van der Waals surface area contributed by atoms with Gasteiger partial charge in [0.1, 0.15) is 5.82 Å². The Kier molecular flexibility index (Phi) is 4.84. The van der Waals surface area contributed by atoms with Crippen LogP contribution in [0, 0.1) is 0 Å². The predicted octanol–water partition coefficient (Wildman–Crippen LogP) is 2.61. The molecule has 1 aliphatic heterocycles. The van der Waals surface area contributed by atoms with E-state index >= 15 is 0 Å². The van der Waals surface area contributed by atoms with Crippen LogP contribution in [0.1, 0.15) is 17.7 Å². The van der Waals surface area contributed by atoms with E-state index in [-0.39, 0.29) is 4.90 Å². The summed E-state index contributed by atoms with van der Waals surface area (Å²) >= 11 is 5.77. The number of nitrogens with zero attached hydrogens (tertiary/aromatic N) is 1. The van der Waals surface area contributed by atoms with Crippen molar-refractivity contribution in [1.29, 1.82) is 0 Å². The van der Waals surface area contributed by atoms with Crippen molar-refractivity contribution in [2.75, 3.05) is 18.4 Å². The van der Waals surface area contributed by atoms with Gasteiger partial charge in [-0.25, -0.2) is 18.1 Å². The van der Waals surface area contributed by atoms with Gasteiger partial charge in [0.15, 0.2) is 0 Å². The molecule has 1 aromatic heterocycles. The van der Waals surface area contributed by atoms with Crippen molar-refractivity contribution in [3.8, 4) is 0 Å². The van der Waals surface area contributed by atoms with E-state index in [1.54, 1.807) is 12.1 Å². The first kappa shape index (κ1) is 16.2. The number of fused-ring (bicyclic) bond motifs is 1. The van der Waals surface area contributed by atoms with Crippen molar-refractivity contribution in [3.05, 3.63) is 52.7 Å². The fourth-order valence-corrected chi connectivity index (χ4v) is 3.68. The third kappa shape index (κ3) is 4.02. The number of sulfonamides is 1. The van der Waals surface area contributed by atoms with E-state index in [9.17, 15) is 8.42 Å². The lowest BCUT2D eigenvalue weighted by molar-refractivity contribution is 0.581. The summed E-state index contributed by atoms with van der Waals surface area (Å²) < 4.78 is 27.0. The molecule has 3 rings (SSSR count). The Morgan fingerprint density at radius 1 is 1.17 bits per heavy atom. The van der Waals surface area contributed by atoms with Crippen molar-refractivity contribution in [2.45, 2.75) is 24.2 Å². The highest BCUT2D eigenvalue weighted by Crippen LogP contribution is 2.20. The number of hydrogen-bond acceptors (Lipinski definition) is 4. The number of halogens is 1. The topological polar surface area (TPSA) is 71.1 Å². The Morgan fingerprint density at radius 3 is 2.74 bits per heavy atom. The Balaban J connectivity index is 1.61. The zero-order valence-corrected chi connectivity index (χ0v) is 14.1. The molecule has 7 heteroatoms. The smallest absolute Gasteiger partial charge is 0.240 e. The highest BCUT2D eigenvalue weighted by molar-refractivity contribution is 7.89. The van der Waals surface area contributed by atoms with Gasteiger partial charge in [0.05, 0.1) is 4.90 Å². The molecule has 2 aromatic rings. The van der Waals surface area contributed by atoms with Crippen LogP contribution in [0.25, 0.3) is 0 Å². The van der Waals surface area contributed by atoms with Gasteiger partial charge in [-0.3, -0.25) is 0 Å². The number of pyridine rings is 1. The molecule has 0 amide bonds. The summed E-state index contributed by atoms with van der Waals surface area (Å²) in [6.07, 6.45) is 2.70. The molecular formula is C16H18ClN3O2S. The van der Waals surface area contributed by atoms with E-state index in [1.807, 2.05) is 6.07 Å². The van der Waals surface area contributed by atoms with Crippen LogP contribution >= 0.6 is 11.6 Å². The molecule has 0 saturated heterocycles. The Morgan fingerprint density at radius 2 is 1.96 bits per heavy atom. The summed E-state index contributed by atoms with van der Waals surface area (Å²) in [6, 6.07) is 10.1. The summed E-state index contributed by atoms with van der Waals surface area (Å²) in [5.41, 5.74) is 2.10. The minimum atomic E-state index is -3.52. The van der Waals surface area contributed by atoms with Crippen molar-refractivity contribution in [2.24, 2.45) is 0 Å². The lowest BCUT2D eigenvalue weighted by atomic mass is 10.1. The predicted molar refractivity (Wildman–Crippen MR) is 91.4 cm³/mol. The number of aryl methyl sites for hydroxylation is 1. The average Bonchev–Trinajstić information content (AvgIpc) is 2.55. The van der Waals surface area contributed by atoms with Crippen LogP contribution in [0.5, 0.6) is 0 Å². The van der Waals surface area contributed by atoms with Gasteiger partial charge >= 0.3 is 0 Å². The first-order valence-corrected chi connectivity index (χ1v) is 9.39. The third-order valence-corrected chi connectivity index (χ3v) is 5.48. The van der Waals surface area contributed by atoms with E-state index in [0.717, 1.165) is 30.9 Å². The van der Waals surface area contributed by atoms with E-state index in [0.29, 0.717) is 18.0 Å². The van der Waals surface area contributed by atoms with Gasteiger partial charge in [-0.05, 0) is 48.7 Å². The molecule has 0 saturated carbocycles. The Hall–Kier alpha value is -1.63. The lowest BCUT2D eigenvalue weighted by Gasteiger charge is -2.17. The molecule has 2 heterocycles. The maximum atomic E-state index is 12.2. The third-order valence-electron chi connectivity index (χ3n) is 3.75. The molecular weight excluding hydrogens is 334 g/mol. The first-order chi connectivity index (χ1) is 11.0. The number of aromatic nitrogens is 1. The van der Waals surface area contributed by atoms with Gasteiger partial charge in [-0.1, -0.05) is 17.7 Å². The summed E-state index contributed by atoms with van der Waals surface area (Å²) in [4.78, 5) is 4.76. The van der Waals surface area contributed by atoms with Crippen LogP contribution in [0.3, 0.4) is 0 Å². The summed E-state index contributed by atoms with van der Waals surface area (Å²) in [5.74, 6) is 0.925. The van der Waals surface area contributed by atoms with Crippen molar-refractivity contribution in [3.63, 3.8) is 0 Å². The number of benzene rings is 1. The van der Waals surface area contributed by atoms with Gasteiger partial charge in [0, 0.05) is 30.2 Å². The second-order valence-corrected chi connectivity index (χ2v) is 7.65. The molecule has 1 aliphatic rings. The van der Waals surface area contributed by atoms with Crippen LogP contribution in [-0.2, 0) is 22.9 Å². The molecule has 0 bridgehead atoms. The van der Waals surface area contributed by atoms with Gasteiger partial charge in [0.25, 0.3) is 0 Å².